The topological polar surface area (TPSA) is 52.6 Å². The van der Waals surface area contributed by atoms with Crippen LogP contribution in [0.25, 0.3) is 0 Å². The minimum absolute atomic E-state index is 0.174. The molecule has 0 aromatic heterocycles. The highest BCUT2D eigenvalue weighted by Crippen LogP contribution is 2.16. The van der Waals surface area contributed by atoms with Gasteiger partial charge in [0.2, 0.25) is 0 Å². The molecule has 4 nitrogen and oxygen atoms in total. The van der Waals surface area contributed by atoms with E-state index in [1.165, 1.54) is 11.1 Å². The number of hydrogen-bond donors (Lipinski definition) is 0. The number of carbonyl (C=O) groups is 2. The van der Waals surface area contributed by atoms with Gasteiger partial charge < -0.3 is 9.47 Å². The Morgan fingerprint density at radius 2 is 1.03 bits per heavy atom. The van der Waals surface area contributed by atoms with Crippen molar-refractivity contribution in [2.75, 3.05) is 13.2 Å². The molecule has 0 saturated heterocycles. The van der Waals surface area contributed by atoms with Gasteiger partial charge in [-0.05, 0) is 24.0 Å². The smallest absolute Gasteiger partial charge is 0.305 e. The van der Waals surface area contributed by atoms with Crippen molar-refractivity contribution in [3.8, 4) is 0 Å². The van der Waals surface area contributed by atoms with Gasteiger partial charge in [-0.1, -0.05) is 80.9 Å². The van der Waals surface area contributed by atoms with E-state index < -0.39 is 0 Å². The quantitative estimate of drug-likeness (QED) is 0.345. The summed E-state index contributed by atoms with van der Waals surface area (Å²) in [6.07, 6.45) is 3.05. The zero-order valence-corrected chi connectivity index (χ0v) is 17.5. The third-order valence-corrected chi connectivity index (χ3v) is 4.99. The van der Waals surface area contributed by atoms with E-state index >= 15 is 0 Å². The van der Waals surface area contributed by atoms with Gasteiger partial charge in [0.15, 0.2) is 0 Å². The lowest BCUT2D eigenvalue weighted by atomic mass is 10.0. The molecule has 2 rings (SSSR count). The van der Waals surface area contributed by atoms with Crippen LogP contribution in [0.4, 0.5) is 0 Å². The van der Waals surface area contributed by atoms with Crippen LogP contribution in [-0.4, -0.2) is 25.2 Å². The first-order chi connectivity index (χ1) is 14.1. The molecular weight excluding hydrogens is 364 g/mol. The van der Waals surface area contributed by atoms with Crippen LogP contribution in [0.2, 0.25) is 0 Å². The van der Waals surface area contributed by atoms with E-state index in [1.54, 1.807) is 0 Å². The third kappa shape index (κ3) is 8.95. The first-order valence-electron chi connectivity index (χ1n) is 10.5. The number of carbonyl (C=O) groups excluding carboxylic acids is 2. The zero-order chi connectivity index (χ0) is 20.9. The van der Waals surface area contributed by atoms with Crippen LogP contribution < -0.4 is 0 Å². The molecule has 0 heterocycles. The lowest BCUT2D eigenvalue weighted by Crippen LogP contribution is -2.11. The monoisotopic (exact) mass is 396 g/mol. The van der Waals surface area contributed by atoms with E-state index in [9.17, 15) is 9.59 Å². The van der Waals surface area contributed by atoms with Crippen LogP contribution in [0.1, 0.15) is 68.9 Å². The van der Waals surface area contributed by atoms with E-state index in [2.05, 4.69) is 0 Å². The fourth-order valence-corrected chi connectivity index (χ4v) is 3.05. The van der Waals surface area contributed by atoms with E-state index in [0.29, 0.717) is 26.1 Å². The lowest BCUT2D eigenvalue weighted by Gasteiger charge is -2.13. The predicted octanol–water partition coefficient (Wildman–Crippen LogP) is 5.63. The molecule has 0 aliphatic rings. The molecule has 0 fully saturated rings. The van der Waals surface area contributed by atoms with Gasteiger partial charge in [-0.3, -0.25) is 9.59 Å². The molecule has 2 aromatic carbocycles. The number of unbranched alkanes of at least 4 members (excludes halogenated alkanes) is 2. The van der Waals surface area contributed by atoms with Crippen molar-refractivity contribution in [3.05, 3.63) is 71.8 Å². The fraction of sp³-hybridized carbons (Fsp3) is 0.440. The highest BCUT2D eigenvalue weighted by molar-refractivity contribution is 5.70. The molecule has 0 aliphatic heterocycles. The van der Waals surface area contributed by atoms with E-state index in [0.717, 1.165) is 19.3 Å². The highest BCUT2D eigenvalue weighted by atomic mass is 16.5. The summed E-state index contributed by atoms with van der Waals surface area (Å²) in [6.45, 7) is 4.89. The summed E-state index contributed by atoms with van der Waals surface area (Å²) in [5.74, 6) is 0.0282. The minimum atomic E-state index is -0.174. The number of hydrogen-bond acceptors (Lipinski definition) is 4. The first kappa shape index (κ1) is 22.7. The van der Waals surface area contributed by atoms with Gasteiger partial charge in [0.1, 0.15) is 0 Å². The predicted molar refractivity (Wildman–Crippen MR) is 115 cm³/mol. The van der Waals surface area contributed by atoms with E-state index in [4.69, 9.17) is 9.47 Å². The zero-order valence-electron chi connectivity index (χ0n) is 17.5. The molecule has 0 bridgehead atoms. The summed E-state index contributed by atoms with van der Waals surface area (Å²) in [6, 6.07) is 20.1. The summed E-state index contributed by atoms with van der Waals surface area (Å²) >= 11 is 0. The summed E-state index contributed by atoms with van der Waals surface area (Å²) in [4.78, 5) is 23.7. The molecule has 156 valence electrons. The molecule has 0 amide bonds. The molecule has 0 saturated carbocycles. The molecule has 0 aliphatic carbocycles. The largest absolute Gasteiger partial charge is 0.465 e. The third-order valence-electron chi connectivity index (χ3n) is 4.99. The Balaban J connectivity index is 1.50. The van der Waals surface area contributed by atoms with Crippen LogP contribution in [0.3, 0.4) is 0 Å². The Hall–Kier alpha value is -2.62. The van der Waals surface area contributed by atoms with Gasteiger partial charge in [0.05, 0.1) is 13.2 Å². The van der Waals surface area contributed by atoms with Gasteiger partial charge >= 0.3 is 11.9 Å². The second kappa shape index (κ2) is 12.8. The maximum Gasteiger partial charge on any atom is 0.305 e. The van der Waals surface area contributed by atoms with Crippen molar-refractivity contribution in [1.29, 1.82) is 0 Å². The average molecular weight is 397 g/mol. The van der Waals surface area contributed by atoms with Crippen molar-refractivity contribution < 1.29 is 19.1 Å². The second-order valence-corrected chi connectivity index (χ2v) is 7.55. The maximum absolute atomic E-state index is 11.9. The van der Waals surface area contributed by atoms with E-state index in [-0.39, 0.29) is 23.8 Å². The van der Waals surface area contributed by atoms with Crippen molar-refractivity contribution in [2.24, 2.45) is 0 Å². The van der Waals surface area contributed by atoms with E-state index in [1.807, 2.05) is 74.5 Å². The second-order valence-electron chi connectivity index (χ2n) is 7.55. The van der Waals surface area contributed by atoms with Crippen molar-refractivity contribution in [2.45, 2.75) is 57.8 Å². The van der Waals surface area contributed by atoms with Crippen LogP contribution in [-0.2, 0) is 19.1 Å². The number of rotatable bonds is 12. The molecule has 2 aromatic rings. The van der Waals surface area contributed by atoms with Crippen LogP contribution in [0.15, 0.2) is 60.7 Å². The fourth-order valence-electron chi connectivity index (χ4n) is 3.05. The number of ether oxygens (including phenoxy) is 2. The van der Waals surface area contributed by atoms with Crippen LogP contribution in [0, 0.1) is 0 Å². The Morgan fingerprint density at radius 3 is 1.41 bits per heavy atom. The van der Waals surface area contributed by atoms with Gasteiger partial charge in [0, 0.05) is 24.7 Å². The molecule has 2 unspecified atom stereocenters. The minimum Gasteiger partial charge on any atom is -0.465 e. The summed E-state index contributed by atoms with van der Waals surface area (Å²) in [7, 11) is 0. The van der Waals surface area contributed by atoms with Gasteiger partial charge in [-0.25, -0.2) is 0 Å². The van der Waals surface area contributed by atoms with Crippen molar-refractivity contribution >= 4 is 11.9 Å². The first-order valence-corrected chi connectivity index (χ1v) is 10.5. The number of benzene rings is 2. The average Bonchev–Trinajstić information content (AvgIpc) is 2.76. The Morgan fingerprint density at radius 1 is 0.655 bits per heavy atom. The molecule has 29 heavy (non-hydrogen) atoms. The molecular formula is C25H32O4. The Kier molecular flexibility index (Phi) is 9.98. The van der Waals surface area contributed by atoms with Crippen LogP contribution in [0.5, 0.6) is 0 Å². The summed E-state index contributed by atoms with van der Waals surface area (Å²) < 4.78 is 10.7. The SMILES string of the molecule is CC(COC(=O)CCCCCC(=O)OCC(C)c1ccccc1)c1ccccc1. The van der Waals surface area contributed by atoms with Crippen molar-refractivity contribution in [3.63, 3.8) is 0 Å². The Bertz CT molecular complexity index is 664. The molecule has 0 spiro atoms. The highest BCUT2D eigenvalue weighted by Gasteiger charge is 2.11. The van der Waals surface area contributed by atoms with Gasteiger partial charge in [-0.15, -0.1) is 0 Å². The molecule has 0 N–H and O–H groups in total. The van der Waals surface area contributed by atoms with Crippen LogP contribution >= 0.6 is 0 Å². The summed E-state index contributed by atoms with van der Waals surface area (Å²) in [5, 5.41) is 0. The Labute approximate surface area is 174 Å². The van der Waals surface area contributed by atoms with Crippen molar-refractivity contribution in [1.82, 2.24) is 0 Å². The lowest BCUT2D eigenvalue weighted by molar-refractivity contribution is -0.144. The number of esters is 2. The molecule has 2 atom stereocenters. The molecule has 4 heteroatoms. The normalized spacial score (nSPS) is 12.8. The maximum atomic E-state index is 11.9. The van der Waals surface area contributed by atoms with Gasteiger partial charge in [-0.2, -0.15) is 0 Å². The molecule has 0 radical (unpaired) electrons. The van der Waals surface area contributed by atoms with Gasteiger partial charge in [0.25, 0.3) is 0 Å². The standard InChI is InChI=1S/C25H32O4/c1-20(22-12-6-3-7-13-22)18-28-24(26)16-10-5-11-17-25(27)29-19-21(2)23-14-8-4-9-15-23/h3-4,6-9,12-15,20-21H,5,10-11,16-19H2,1-2H3. The summed E-state index contributed by atoms with van der Waals surface area (Å²) in [5.41, 5.74) is 2.33.